The fourth-order valence-electron chi connectivity index (χ4n) is 1.18. The van der Waals surface area contributed by atoms with Crippen LogP contribution in [0.25, 0.3) is 0 Å². The van der Waals surface area contributed by atoms with Gasteiger partial charge in [-0.25, -0.2) is 5.84 Å². The van der Waals surface area contributed by atoms with E-state index in [4.69, 9.17) is 10.6 Å². The van der Waals surface area contributed by atoms with Gasteiger partial charge >= 0.3 is 5.97 Å². The number of carbonyl (C=O) groups excluding carboxylic acids is 2. The molecule has 0 rings (SSSR count). The van der Waals surface area contributed by atoms with Gasteiger partial charge < -0.3 is 4.74 Å². The summed E-state index contributed by atoms with van der Waals surface area (Å²) in [6.07, 6.45) is 1.55. The number of hydrogen-bond donors (Lipinski definition) is 2. The number of carbonyl (C=O) groups is 2. The Morgan fingerprint density at radius 2 is 2.00 bits per heavy atom. The number of amides is 1. The number of thioether (sulfide) groups is 1. The summed E-state index contributed by atoms with van der Waals surface area (Å²) < 4.78 is 5.16. The van der Waals surface area contributed by atoms with Crippen LogP contribution in [0.15, 0.2) is 0 Å². The van der Waals surface area contributed by atoms with Crippen LogP contribution in [-0.4, -0.2) is 28.5 Å². The first-order valence-electron chi connectivity index (χ1n) is 5.64. The third kappa shape index (κ3) is 8.04. The van der Waals surface area contributed by atoms with Gasteiger partial charge in [-0.2, -0.15) is 0 Å². The summed E-state index contributed by atoms with van der Waals surface area (Å²) in [4.78, 5) is 22.9. The molecule has 0 fully saturated rings. The van der Waals surface area contributed by atoms with Gasteiger partial charge in [-0.15, -0.1) is 11.8 Å². The maximum Gasteiger partial charge on any atom is 0.316 e. The lowest BCUT2D eigenvalue weighted by Gasteiger charge is -2.20. The van der Waals surface area contributed by atoms with Gasteiger partial charge in [-0.3, -0.25) is 15.0 Å². The highest BCUT2D eigenvalue weighted by molar-refractivity contribution is 8.01. The maximum absolute atomic E-state index is 11.5. The van der Waals surface area contributed by atoms with Gasteiger partial charge in [0.1, 0.15) is 5.60 Å². The monoisotopic (exact) mass is 262 g/mol. The first-order chi connectivity index (χ1) is 7.80. The molecular weight excluding hydrogens is 240 g/mol. The van der Waals surface area contributed by atoms with E-state index in [1.165, 1.54) is 11.8 Å². The largest absolute Gasteiger partial charge is 0.459 e. The molecule has 17 heavy (non-hydrogen) atoms. The van der Waals surface area contributed by atoms with Crippen molar-refractivity contribution in [3.05, 3.63) is 0 Å². The normalized spacial score (nSPS) is 13.0. The van der Waals surface area contributed by atoms with Gasteiger partial charge in [-0.1, -0.05) is 13.3 Å². The van der Waals surface area contributed by atoms with Gasteiger partial charge in [-0.05, 0) is 27.2 Å². The van der Waals surface area contributed by atoms with Crippen molar-refractivity contribution in [1.82, 2.24) is 5.43 Å². The van der Waals surface area contributed by atoms with E-state index in [-0.39, 0.29) is 22.9 Å². The highest BCUT2D eigenvalue weighted by atomic mass is 32.2. The zero-order valence-electron chi connectivity index (χ0n) is 10.9. The number of hydrogen-bond acceptors (Lipinski definition) is 5. The van der Waals surface area contributed by atoms with Crippen LogP contribution >= 0.6 is 11.8 Å². The van der Waals surface area contributed by atoms with Crippen molar-refractivity contribution in [3.63, 3.8) is 0 Å². The van der Waals surface area contributed by atoms with Crippen molar-refractivity contribution in [3.8, 4) is 0 Å². The van der Waals surface area contributed by atoms with Crippen LogP contribution in [0.4, 0.5) is 0 Å². The van der Waals surface area contributed by atoms with E-state index in [0.717, 1.165) is 6.42 Å². The summed E-state index contributed by atoms with van der Waals surface area (Å²) in [5, 5.41) is -0.294. The van der Waals surface area contributed by atoms with Crippen molar-refractivity contribution in [2.24, 2.45) is 5.84 Å². The SMILES string of the molecule is CCCC(SCC(=O)OC(C)(C)C)C(=O)NN. The lowest BCUT2D eigenvalue weighted by atomic mass is 10.2. The third-order valence-corrected chi connectivity index (χ3v) is 3.06. The average Bonchev–Trinajstić information content (AvgIpc) is 2.20. The molecule has 0 bridgehead atoms. The van der Waals surface area contributed by atoms with E-state index >= 15 is 0 Å². The summed E-state index contributed by atoms with van der Waals surface area (Å²) in [7, 11) is 0. The number of nitrogens with two attached hydrogens (primary N) is 1. The predicted octanol–water partition coefficient (Wildman–Crippen LogP) is 1.22. The summed E-state index contributed by atoms with van der Waals surface area (Å²) >= 11 is 1.26. The van der Waals surface area contributed by atoms with Gasteiger partial charge in [0.2, 0.25) is 5.91 Å². The van der Waals surface area contributed by atoms with Crippen molar-refractivity contribution in [1.29, 1.82) is 0 Å². The second kappa shape index (κ2) is 7.55. The van der Waals surface area contributed by atoms with Crippen LogP contribution in [0.3, 0.4) is 0 Å². The third-order valence-electron chi connectivity index (χ3n) is 1.81. The first-order valence-corrected chi connectivity index (χ1v) is 6.69. The molecule has 0 saturated carbocycles. The molecule has 0 aliphatic heterocycles. The van der Waals surface area contributed by atoms with Crippen LogP contribution < -0.4 is 11.3 Å². The van der Waals surface area contributed by atoms with Crippen LogP contribution in [-0.2, 0) is 14.3 Å². The number of esters is 1. The second-order valence-electron chi connectivity index (χ2n) is 4.68. The fraction of sp³-hybridized carbons (Fsp3) is 0.818. The molecule has 0 spiro atoms. The topological polar surface area (TPSA) is 81.4 Å². The van der Waals surface area contributed by atoms with E-state index < -0.39 is 5.60 Å². The molecule has 3 N–H and O–H groups in total. The van der Waals surface area contributed by atoms with E-state index in [0.29, 0.717) is 6.42 Å². The highest BCUT2D eigenvalue weighted by Crippen LogP contribution is 2.18. The second-order valence-corrected chi connectivity index (χ2v) is 5.87. The van der Waals surface area contributed by atoms with E-state index in [1.807, 2.05) is 27.7 Å². The van der Waals surface area contributed by atoms with E-state index in [2.05, 4.69) is 5.43 Å². The quantitative estimate of drug-likeness (QED) is 0.325. The molecule has 100 valence electrons. The summed E-state index contributed by atoms with van der Waals surface area (Å²) in [6.45, 7) is 7.41. The van der Waals surface area contributed by atoms with Crippen molar-refractivity contribution < 1.29 is 14.3 Å². The molecular formula is C11H22N2O3S. The number of ether oxygens (including phenoxy) is 1. The summed E-state index contributed by atoms with van der Waals surface area (Å²) in [5.41, 5.74) is 1.62. The van der Waals surface area contributed by atoms with Crippen molar-refractivity contribution in [2.75, 3.05) is 5.75 Å². The molecule has 0 aromatic carbocycles. The van der Waals surface area contributed by atoms with Crippen molar-refractivity contribution >= 4 is 23.6 Å². The molecule has 5 nitrogen and oxygen atoms in total. The number of rotatable bonds is 6. The molecule has 0 aromatic rings. The average molecular weight is 262 g/mol. The standard InChI is InChI=1S/C11H22N2O3S/c1-5-6-8(10(15)13-12)17-7-9(14)16-11(2,3)4/h8H,5-7,12H2,1-4H3,(H,13,15). The lowest BCUT2D eigenvalue weighted by molar-refractivity contribution is -0.151. The number of hydrazine groups is 1. The molecule has 1 amide bonds. The molecule has 0 aliphatic carbocycles. The van der Waals surface area contributed by atoms with Gasteiger partial charge in [0, 0.05) is 0 Å². The minimum absolute atomic E-state index is 0.162. The first kappa shape index (κ1) is 16.2. The Morgan fingerprint density at radius 1 is 1.41 bits per heavy atom. The van der Waals surface area contributed by atoms with Gasteiger partial charge in [0.05, 0.1) is 11.0 Å². The molecule has 6 heteroatoms. The molecule has 0 aliphatic rings. The lowest BCUT2D eigenvalue weighted by Crippen LogP contribution is -2.38. The van der Waals surface area contributed by atoms with Crippen molar-refractivity contribution in [2.45, 2.75) is 51.4 Å². The van der Waals surface area contributed by atoms with E-state index in [1.54, 1.807) is 0 Å². The predicted molar refractivity (Wildman–Crippen MR) is 69.3 cm³/mol. The zero-order chi connectivity index (χ0) is 13.5. The molecule has 1 atom stereocenters. The Balaban J connectivity index is 4.13. The highest BCUT2D eigenvalue weighted by Gasteiger charge is 2.21. The minimum Gasteiger partial charge on any atom is -0.459 e. The minimum atomic E-state index is -0.492. The summed E-state index contributed by atoms with van der Waals surface area (Å²) in [5.74, 6) is 4.68. The van der Waals surface area contributed by atoms with Crippen LogP contribution in [0, 0.1) is 0 Å². The smallest absolute Gasteiger partial charge is 0.316 e. The molecule has 0 aromatic heterocycles. The Kier molecular flexibility index (Phi) is 7.22. The zero-order valence-corrected chi connectivity index (χ0v) is 11.7. The number of nitrogens with one attached hydrogen (secondary N) is 1. The summed E-state index contributed by atoms with van der Waals surface area (Å²) in [6, 6.07) is 0. The molecule has 0 saturated heterocycles. The van der Waals surface area contributed by atoms with Crippen LogP contribution in [0.1, 0.15) is 40.5 Å². The molecule has 0 radical (unpaired) electrons. The molecule has 0 heterocycles. The Hall–Kier alpha value is -0.750. The Labute approximate surface area is 107 Å². The van der Waals surface area contributed by atoms with E-state index in [9.17, 15) is 9.59 Å². The van der Waals surface area contributed by atoms with Crippen LogP contribution in [0.2, 0.25) is 0 Å². The van der Waals surface area contributed by atoms with Crippen LogP contribution in [0.5, 0.6) is 0 Å². The Bertz CT molecular complexity index is 264. The van der Waals surface area contributed by atoms with Gasteiger partial charge in [0.25, 0.3) is 0 Å². The van der Waals surface area contributed by atoms with Gasteiger partial charge in [0.15, 0.2) is 0 Å². The maximum atomic E-state index is 11.5. The molecule has 1 unspecified atom stereocenters. The fourth-order valence-corrected chi connectivity index (χ4v) is 2.20. The Morgan fingerprint density at radius 3 is 2.41 bits per heavy atom.